The molecule has 18 heavy (non-hydrogen) atoms. The highest BCUT2D eigenvalue weighted by Crippen LogP contribution is 2.36. The fraction of sp³-hybridized carbons (Fsp3) is 0.200. The molecular formula is C15H15BrO2. The molecule has 0 aliphatic rings. The van der Waals surface area contributed by atoms with Gasteiger partial charge in [0.2, 0.25) is 0 Å². The second-order valence-corrected chi connectivity index (χ2v) is 4.80. The molecule has 0 amide bonds. The molecule has 2 nitrogen and oxygen atoms in total. The fourth-order valence-electron chi connectivity index (χ4n) is 1.87. The first-order chi connectivity index (χ1) is 8.67. The number of rotatable bonds is 3. The van der Waals surface area contributed by atoms with Gasteiger partial charge < -0.3 is 9.47 Å². The minimum absolute atomic E-state index is 0.739. The van der Waals surface area contributed by atoms with Crippen LogP contribution in [0.25, 0.3) is 11.1 Å². The Labute approximate surface area is 116 Å². The highest BCUT2D eigenvalue weighted by Gasteiger charge is 2.09. The Kier molecular flexibility index (Phi) is 3.92. The van der Waals surface area contributed by atoms with Gasteiger partial charge in [-0.1, -0.05) is 24.3 Å². The summed E-state index contributed by atoms with van der Waals surface area (Å²) in [5.41, 5.74) is 3.46. The van der Waals surface area contributed by atoms with Crippen molar-refractivity contribution in [1.29, 1.82) is 0 Å². The van der Waals surface area contributed by atoms with Crippen LogP contribution in [0, 0.1) is 6.92 Å². The predicted octanol–water partition coefficient (Wildman–Crippen LogP) is 4.44. The molecule has 0 atom stereocenters. The lowest BCUT2D eigenvalue weighted by Crippen LogP contribution is -1.91. The highest BCUT2D eigenvalue weighted by atomic mass is 79.9. The minimum atomic E-state index is 0.739. The van der Waals surface area contributed by atoms with E-state index in [-0.39, 0.29) is 0 Å². The maximum Gasteiger partial charge on any atom is 0.161 e. The van der Waals surface area contributed by atoms with Gasteiger partial charge >= 0.3 is 0 Å². The Balaban J connectivity index is 2.54. The first-order valence-corrected chi connectivity index (χ1v) is 6.44. The van der Waals surface area contributed by atoms with E-state index >= 15 is 0 Å². The van der Waals surface area contributed by atoms with Gasteiger partial charge in [-0.25, -0.2) is 0 Å². The van der Waals surface area contributed by atoms with Crippen molar-refractivity contribution in [3.05, 3.63) is 46.4 Å². The van der Waals surface area contributed by atoms with Gasteiger partial charge in [-0.3, -0.25) is 0 Å². The normalized spacial score (nSPS) is 10.2. The van der Waals surface area contributed by atoms with Gasteiger partial charge in [-0.2, -0.15) is 0 Å². The summed E-state index contributed by atoms with van der Waals surface area (Å²) in [7, 11) is 3.28. The van der Waals surface area contributed by atoms with Crippen molar-refractivity contribution in [2.45, 2.75) is 6.92 Å². The maximum absolute atomic E-state index is 5.33. The van der Waals surface area contributed by atoms with Gasteiger partial charge in [0.1, 0.15) is 0 Å². The SMILES string of the molecule is COc1ccc(-c2cccc(C)c2Br)cc1OC. The summed E-state index contributed by atoms with van der Waals surface area (Å²) in [6.45, 7) is 2.08. The minimum Gasteiger partial charge on any atom is -0.493 e. The molecule has 94 valence electrons. The first kappa shape index (κ1) is 13.0. The average molecular weight is 307 g/mol. The third-order valence-corrected chi connectivity index (χ3v) is 3.94. The van der Waals surface area contributed by atoms with Gasteiger partial charge in [0.25, 0.3) is 0 Å². The molecule has 0 aromatic heterocycles. The Bertz CT molecular complexity index is 564. The third kappa shape index (κ3) is 2.36. The molecule has 0 radical (unpaired) electrons. The molecule has 0 aliphatic heterocycles. The molecule has 2 aromatic carbocycles. The molecule has 0 fully saturated rings. The Morgan fingerprint density at radius 1 is 0.944 bits per heavy atom. The summed E-state index contributed by atoms with van der Waals surface area (Å²) >= 11 is 3.63. The number of halogens is 1. The van der Waals surface area contributed by atoms with E-state index in [4.69, 9.17) is 9.47 Å². The Morgan fingerprint density at radius 3 is 2.33 bits per heavy atom. The molecule has 0 N–H and O–H groups in total. The van der Waals surface area contributed by atoms with E-state index in [0.717, 1.165) is 27.1 Å². The molecule has 0 heterocycles. The van der Waals surface area contributed by atoms with Crippen LogP contribution < -0.4 is 9.47 Å². The number of methoxy groups -OCH3 is 2. The number of hydrogen-bond donors (Lipinski definition) is 0. The largest absolute Gasteiger partial charge is 0.493 e. The molecule has 0 aliphatic carbocycles. The van der Waals surface area contributed by atoms with Gasteiger partial charge in [-0.05, 0) is 51.7 Å². The van der Waals surface area contributed by atoms with Crippen molar-refractivity contribution in [3.63, 3.8) is 0 Å². The van der Waals surface area contributed by atoms with Gasteiger partial charge in [-0.15, -0.1) is 0 Å². The van der Waals surface area contributed by atoms with Crippen LogP contribution in [0.2, 0.25) is 0 Å². The van der Waals surface area contributed by atoms with E-state index in [1.807, 2.05) is 24.3 Å². The monoisotopic (exact) mass is 306 g/mol. The second-order valence-electron chi connectivity index (χ2n) is 4.01. The third-order valence-electron chi connectivity index (χ3n) is 2.89. The summed E-state index contributed by atoms with van der Waals surface area (Å²) in [5.74, 6) is 1.48. The second kappa shape index (κ2) is 5.44. The molecule has 0 saturated carbocycles. The van der Waals surface area contributed by atoms with Crippen molar-refractivity contribution >= 4 is 15.9 Å². The topological polar surface area (TPSA) is 18.5 Å². The Hall–Kier alpha value is -1.48. The zero-order valence-corrected chi connectivity index (χ0v) is 12.2. The lowest BCUT2D eigenvalue weighted by atomic mass is 10.0. The van der Waals surface area contributed by atoms with Crippen molar-refractivity contribution in [2.24, 2.45) is 0 Å². The summed E-state index contributed by atoms with van der Waals surface area (Å²) in [6, 6.07) is 12.1. The standard InChI is InChI=1S/C15H15BrO2/c1-10-5-4-6-12(15(10)16)11-7-8-13(17-2)14(9-11)18-3/h4-9H,1-3H3. The highest BCUT2D eigenvalue weighted by molar-refractivity contribution is 9.10. The van der Waals surface area contributed by atoms with Crippen LogP contribution in [0.3, 0.4) is 0 Å². The molecule has 2 aromatic rings. The van der Waals surface area contributed by atoms with Crippen molar-refractivity contribution in [2.75, 3.05) is 14.2 Å². The van der Waals surface area contributed by atoms with E-state index in [1.165, 1.54) is 5.56 Å². The quantitative estimate of drug-likeness (QED) is 0.834. The van der Waals surface area contributed by atoms with Crippen molar-refractivity contribution in [1.82, 2.24) is 0 Å². The van der Waals surface area contributed by atoms with E-state index in [1.54, 1.807) is 14.2 Å². The summed E-state index contributed by atoms with van der Waals surface area (Å²) in [4.78, 5) is 0. The summed E-state index contributed by atoms with van der Waals surface area (Å²) in [5, 5.41) is 0. The average Bonchev–Trinajstić information content (AvgIpc) is 2.41. The number of benzene rings is 2. The molecule has 3 heteroatoms. The summed E-state index contributed by atoms with van der Waals surface area (Å²) < 4.78 is 11.7. The van der Waals surface area contributed by atoms with E-state index in [9.17, 15) is 0 Å². The number of hydrogen-bond acceptors (Lipinski definition) is 2. The lowest BCUT2D eigenvalue weighted by Gasteiger charge is -2.11. The summed E-state index contributed by atoms with van der Waals surface area (Å²) in [6.07, 6.45) is 0. The first-order valence-electron chi connectivity index (χ1n) is 5.65. The van der Waals surface area contributed by atoms with Gasteiger partial charge in [0.05, 0.1) is 14.2 Å². The zero-order chi connectivity index (χ0) is 13.1. The fourth-order valence-corrected chi connectivity index (χ4v) is 2.37. The molecule has 0 spiro atoms. The molecule has 2 rings (SSSR count). The number of ether oxygens (including phenoxy) is 2. The van der Waals surface area contributed by atoms with Gasteiger partial charge in [0, 0.05) is 4.47 Å². The predicted molar refractivity (Wildman–Crippen MR) is 77.4 cm³/mol. The van der Waals surface area contributed by atoms with Crippen LogP contribution in [0.1, 0.15) is 5.56 Å². The van der Waals surface area contributed by atoms with Crippen molar-refractivity contribution in [3.8, 4) is 22.6 Å². The molecule has 0 saturated heterocycles. The van der Waals surface area contributed by atoms with E-state index in [0.29, 0.717) is 0 Å². The molecular weight excluding hydrogens is 292 g/mol. The van der Waals surface area contributed by atoms with Crippen LogP contribution in [0.15, 0.2) is 40.9 Å². The lowest BCUT2D eigenvalue weighted by molar-refractivity contribution is 0.355. The zero-order valence-electron chi connectivity index (χ0n) is 10.7. The molecule has 0 bridgehead atoms. The van der Waals surface area contributed by atoms with Gasteiger partial charge in [0.15, 0.2) is 11.5 Å². The van der Waals surface area contributed by atoms with Crippen LogP contribution in [0.5, 0.6) is 11.5 Å². The smallest absolute Gasteiger partial charge is 0.161 e. The number of aryl methyl sites for hydroxylation is 1. The van der Waals surface area contributed by atoms with Crippen LogP contribution in [-0.2, 0) is 0 Å². The Morgan fingerprint density at radius 2 is 1.67 bits per heavy atom. The van der Waals surface area contributed by atoms with E-state index < -0.39 is 0 Å². The maximum atomic E-state index is 5.33. The van der Waals surface area contributed by atoms with Crippen LogP contribution >= 0.6 is 15.9 Å². The van der Waals surface area contributed by atoms with Crippen LogP contribution in [0.4, 0.5) is 0 Å². The van der Waals surface area contributed by atoms with E-state index in [2.05, 4.69) is 35.0 Å². The van der Waals surface area contributed by atoms with Crippen molar-refractivity contribution < 1.29 is 9.47 Å². The molecule has 0 unspecified atom stereocenters. The van der Waals surface area contributed by atoms with Crippen LogP contribution in [-0.4, -0.2) is 14.2 Å².